The third kappa shape index (κ3) is 3.64. The lowest BCUT2D eigenvalue weighted by Crippen LogP contribution is -2.26. The summed E-state index contributed by atoms with van der Waals surface area (Å²) in [5.41, 5.74) is 0.515. The molecule has 28 heavy (non-hydrogen) atoms. The van der Waals surface area contributed by atoms with Crippen molar-refractivity contribution in [3.8, 4) is 0 Å². The largest absolute Gasteiger partial charge is 0.466 e. The van der Waals surface area contributed by atoms with Crippen molar-refractivity contribution in [3.63, 3.8) is 0 Å². The molecule has 2 aliphatic heterocycles. The van der Waals surface area contributed by atoms with Crippen LogP contribution in [0.15, 0.2) is 59.2 Å². The number of ether oxygens (including phenoxy) is 1. The van der Waals surface area contributed by atoms with Gasteiger partial charge in [0.05, 0.1) is 42.1 Å². The molecule has 0 saturated carbocycles. The zero-order valence-electron chi connectivity index (χ0n) is 15.3. The highest BCUT2D eigenvalue weighted by Crippen LogP contribution is 2.63. The van der Waals surface area contributed by atoms with Gasteiger partial charge in [-0.1, -0.05) is 30.4 Å². The van der Waals surface area contributed by atoms with Crippen molar-refractivity contribution in [1.82, 2.24) is 5.32 Å². The second-order valence-electron chi connectivity index (χ2n) is 6.05. The van der Waals surface area contributed by atoms with Gasteiger partial charge in [-0.15, -0.1) is 0 Å². The molecule has 0 radical (unpaired) electrons. The number of hydrogen-bond donors (Lipinski definition) is 1. The minimum Gasteiger partial charge on any atom is -0.466 e. The molecule has 0 bridgehead atoms. The second kappa shape index (κ2) is 8.10. The van der Waals surface area contributed by atoms with Gasteiger partial charge in [0.25, 0.3) is 5.69 Å². The second-order valence-corrected chi connectivity index (χ2v) is 8.08. The summed E-state index contributed by atoms with van der Waals surface area (Å²) in [5.74, 6) is -1.72. The molecule has 148 valence electrons. The van der Waals surface area contributed by atoms with Crippen molar-refractivity contribution in [2.45, 2.75) is 12.8 Å². The van der Waals surface area contributed by atoms with Gasteiger partial charge in [0, 0.05) is 23.5 Å². The standard InChI is InChI=1S/C18H19N2O7P/c1-12-16(18(21)25-2)17(13-7-3-4-8-14(13)20(22)23)15(11-19-12)28(24)26-9-5-6-10-27-28/h3-8,11,17,19H,9-10H2,1-2H3. The number of nitro groups is 1. The third-order valence-corrected chi connectivity index (χ3v) is 6.44. The number of hydrogen-bond acceptors (Lipinski definition) is 8. The van der Waals surface area contributed by atoms with Gasteiger partial charge in [0.1, 0.15) is 0 Å². The summed E-state index contributed by atoms with van der Waals surface area (Å²) in [6, 6.07) is 5.97. The number of nitro benzene ring substituents is 1. The summed E-state index contributed by atoms with van der Waals surface area (Å²) >= 11 is 0. The molecule has 0 aromatic heterocycles. The summed E-state index contributed by atoms with van der Waals surface area (Å²) in [6.07, 6.45) is 4.76. The molecule has 1 aromatic carbocycles. The van der Waals surface area contributed by atoms with Crippen LogP contribution in [0.1, 0.15) is 18.4 Å². The average Bonchev–Trinajstić information content (AvgIpc) is 2.92. The number of dihydropyridines is 1. The first-order valence-corrected chi connectivity index (χ1v) is 9.97. The van der Waals surface area contributed by atoms with Gasteiger partial charge >= 0.3 is 13.6 Å². The van der Waals surface area contributed by atoms with E-state index in [2.05, 4.69) is 5.32 Å². The summed E-state index contributed by atoms with van der Waals surface area (Å²) in [5, 5.41) is 14.6. The predicted molar refractivity (Wildman–Crippen MR) is 100 cm³/mol. The number of methoxy groups -OCH3 is 1. The molecule has 1 unspecified atom stereocenters. The fourth-order valence-electron chi connectivity index (χ4n) is 3.14. The summed E-state index contributed by atoms with van der Waals surface area (Å²) < 4.78 is 29.3. The van der Waals surface area contributed by atoms with Gasteiger partial charge in [-0.2, -0.15) is 0 Å². The van der Waals surface area contributed by atoms with Crippen LogP contribution in [0.4, 0.5) is 5.69 Å². The van der Waals surface area contributed by atoms with Crippen LogP contribution < -0.4 is 5.32 Å². The minimum absolute atomic E-state index is 0.0501. The lowest BCUT2D eigenvalue weighted by Gasteiger charge is -2.31. The van der Waals surface area contributed by atoms with E-state index in [0.29, 0.717) is 5.70 Å². The Morgan fingerprint density at radius 3 is 2.54 bits per heavy atom. The Morgan fingerprint density at radius 2 is 1.93 bits per heavy atom. The van der Waals surface area contributed by atoms with Crippen molar-refractivity contribution < 1.29 is 28.1 Å². The van der Waals surface area contributed by atoms with Crippen LogP contribution in [0.5, 0.6) is 0 Å². The SMILES string of the molecule is COC(=O)C1=C(C)NC=C(P2(=O)OCC=CCO2)C1c1ccccc1[N+](=O)[O-]. The predicted octanol–water partition coefficient (Wildman–Crippen LogP) is 3.37. The monoisotopic (exact) mass is 406 g/mol. The van der Waals surface area contributed by atoms with Gasteiger partial charge in [0.15, 0.2) is 0 Å². The number of carbonyl (C=O) groups is 1. The molecule has 0 fully saturated rings. The van der Waals surface area contributed by atoms with Crippen molar-refractivity contribution in [2.75, 3.05) is 20.3 Å². The maximum absolute atomic E-state index is 13.5. The molecule has 9 nitrogen and oxygen atoms in total. The van der Waals surface area contributed by atoms with E-state index in [4.69, 9.17) is 13.8 Å². The zero-order chi connectivity index (χ0) is 20.3. The third-order valence-electron chi connectivity index (χ3n) is 4.44. The number of esters is 1. The number of rotatable bonds is 4. The molecule has 0 amide bonds. The molecular weight excluding hydrogens is 387 g/mol. The van der Waals surface area contributed by atoms with Crippen molar-refractivity contribution in [3.05, 3.63) is 74.9 Å². The number of para-hydroxylation sites is 1. The van der Waals surface area contributed by atoms with E-state index in [0.717, 1.165) is 0 Å². The van der Waals surface area contributed by atoms with Gasteiger partial charge < -0.3 is 19.1 Å². The molecular formula is C18H19N2O7P. The quantitative estimate of drug-likeness (QED) is 0.266. The number of carbonyl (C=O) groups excluding carboxylic acids is 1. The molecule has 2 heterocycles. The van der Waals surface area contributed by atoms with Crippen LogP contribution in [0.25, 0.3) is 0 Å². The number of allylic oxidation sites excluding steroid dienone is 2. The van der Waals surface area contributed by atoms with E-state index in [9.17, 15) is 19.5 Å². The highest BCUT2D eigenvalue weighted by molar-refractivity contribution is 7.58. The van der Waals surface area contributed by atoms with Crippen LogP contribution in [0.2, 0.25) is 0 Å². The minimum atomic E-state index is -3.85. The number of nitrogens with zero attached hydrogens (tertiary/aromatic N) is 1. The van der Waals surface area contributed by atoms with Crippen molar-refractivity contribution in [2.24, 2.45) is 0 Å². The first-order valence-electron chi connectivity index (χ1n) is 8.42. The fourth-order valence-corrected chi connectivity index (χ4v) is 4.89. The number of benzene rings is 1. The first kappa shape index (κ1) is 20.0. The van der Waals surface area contributed by atoms with E-state index in [1.165, 1.54) is 31.5 Å². The van der Waals surface area contributed by atoms with Gasteiger partial charge in [-0.3, -0.25) is 14.7 Å². The molecule has 0 saturated heterocycles. The van der Waals surface area contributed by atoms with E-state index in [1.807, 2.05) is 0 Å². The van der Waals surface area contributed by atoms with Gasteiger partial charge in [-0.25, -0.2) is 4.79 Å². The normalized spacial score (nSPS) is 21.4. The molecule has 1 N–H and O–H groups in total. The first-order chi connectivity index (χ1) is 13.4. The molecule has 10 heteroatoms. The van der Waals surface area contributed by atoms with E-state index < -0.39 is 24.4 Å². The zero-order valence-corrected chi connectivity index (χ0v) is 16.2. The topological polar surface area (TPSA) is 117 Å². The van der Waals surface area contributed by atoms with Gasteiger partial charge in [-0.05, 0) is 6.92 Å². The molecule has 2 aliphatic rings. The highest BCUT2D eigenvalue weighted by atomic mass is 31.2. The number of nitrogens with one attached hydrogen (secondary N) is 1. The summed E-state index contributed by atoms with van der Waals surface area (Å²) in [6.45, 7) is 1.73. The van der Waals surface area contributed by atoms with E-state index in [-0.39, 0.29) is 35.4 Å². The van der Waals surface area contributed by atoms with Crippen LogP contribution >= 0.6 is 7.60 Å². The van der Waals surface area contributed by atoms with E-state index >= 15 is 0 Å². The maximum atomic E-state index is 13.5. The lowest BCUT2D eigenvalue weighted by atomic mass is 9.87. The Hall–Kier alpha value is -2.74. The molecule has 0 aliphatic carbocycles. The van der Waals surface area contributed by atoms with Crippen molar-refractivity contribution in [1.29, 1.82) is 0 Å². The Labute approximate surface area is 161 Å². The Bertz CT molecular complexity index is 937. The Kier molecular flexibility index (Phi) is 5.79. The van der Waals surface area contributed by atoms with E-state index in [1.54, 1.807) is 25.1 Å². The maximum Gasteiger partial charge on any atom is 0.360 e. The molecule has 1 aromatic rings. The smallest absolute Gasteiger partial charge is 0.360 e. The van der Waals surface area contributed by atoms with Crippen LogP contribution in [0, 0.1) is 10.1 Å². The lowest BCUT2D eigenvalue weighted by molar-refractivity contribution is -0.385. The average molecular weight is 406 g/mol. The Morgan fingerprint density at radius 1 is 1.29 bits per heavy atom. The van der Waals surface area contributed by atoms with Gasteiger partial charge in [0.2, 0.25) is 0 Å². The molecule has 1 atom stereocenters. The highest BCUT2D eigenvalue weighted by Gasteiger charge is 2.45. The summed E-state index contributed by atoms with van der Waals surface area (Å²) in [7, 11) is -2.64. The molecule has 3 rings (SSSR count). The van der Waals surface area contributed by atoms with Crippen molar-refractivity contribution >= 4 is 19.3 Å². The summed E-state index contributed by atoms with van der Waals surface area (Å²) in [4.78, 5) is 23.6. The molecule has 0 spiro atoms. The fraction of sp³-hybridized carbons (Fsp3) is 0.278. The van der Waals surface area contributed by atoms with Crippen LogP contribution in [0.3, 0.4) is 0 Å². The van der Waals surface area contributed by atoms with Crippen LogP contribution in [-0.4, -0.2) is 31.2 Å². The van der Waals surface area contributed by atoms with Crippen LogP contribution in [-0.2, 0) is 23.1 Å². The Balaban J connectivity index is 2.21.